The van der Waals surface area contributed by atoms with Gasteiger partial charge in [0.05, 0.1) is 16.3 Å². The van der Waals surface area contributed by atoms with Gasteiger partial charge in [-0.2, -0.15) is 0 Å². The Morgan fingerprint density at radius 3 is 2.28 bits per heavy atom. The van der Waals surface area contributed by atoms with Gasteiger partial charge in [-0.15, -0.1) is 11.3 Å². The van der Waals surface area contributed by atoms with E-state index in [1.54, 1.807) is 23.1 Å². The van der Waals surface area contributed by atoms with Crippen LogP contribution < -0.4 is 4.90 Å². The molecular weight excluding hydrogens is 465 g/mol. The first-order valence-corrected chi connectivity index (χ1v) is 12.1. The molecule has 0 radical (unpaired) electrons. The lowest BCUT2D eigenvalue weighted by molar-refractivity contribution is 0.0702. The topological polar surface area (TPSA) is 57.6 Å². The van der Waals surface area contributed by atoms with E-state index in [-0.39, 0.29) is 27.8 Å². The zero-order chi connectivity index (χ0) is 23.4. The molecule has 0 aliphatic rings. The second-order valence-corrected chi connectivity index (χ2v) is 9.55. The Hall–Kier alpha value is -2.34. The molecule has 0 aliphatic carbocycles. The van der Waals surface area contributed by atoms with Crippen molar-refractivity contribution in [2.75, 3.05) is 4.90 Å². The van der Waals surface area contributed by atoms with Gasteiger partial charge in [-0.25, -0.2) is 4.79 Å². The number of halogens is 2. The highest BCUT2D eigenvalue weighted by Gasteiger charge is 2.34. The lowest BCUT2D eigenvalue weighted by Gasteiger charge is -2.35. The number of aromatic carboxylic acids is 1. The molecule has 2 aromatic carbocycles. The fourth-order valence-corrected chi connectivity index (χ4v) is 5.28. The average molecular weight is 490 g/mol. The summed E-state index contributed by atoms with van der Waals surface area (Å²) in [7, 11) is 0. The monoisotopic (exact) mass is 489 g/mol. The van der Waals surface area contributed by atoms with Gasteiger partial charge >= 0.3 is 5.97 Å². The SMILES string of the molecule is CCC(C)C(CC)N(C(=O)c1ccc(Cl)cc1Cl)c1cc(-c2ccccc2)sc1C(=O)O. The van der Waals surface area contributed by atoms with Gasteiger partial charge < -0.3 is 10.0 Å². The van der Waals surface area contributed by atoms with Gasteiger partial charge in [-0.05, 0) is 42.2 Å². The molecule has 0 saturated carbocycles. The number of amides is 1. The van der Waals surface area contributed by atoms with E-state index < -0.39 is 5.97 Å². The lowest BCUT2D eigenvalue weighted by Crippen LogP contribution is -2.44. The first-order valence-electron chi connectivity index (χ1n) is 10.5. The Labute approximate surface area is 202 Å². The maximum Gasteiger partial charge on any atom is 0.348 e. The van der Waals surface area contributed by atoms with Crippen molar-refractivity contribution in [3.8, 4) is 10.4 Å². The molecule has 7 heteroatoms. The summed E-state index contributed by atoms with van der Waals surface area (Å²) in [5.74, 6) is -1.25. The molecule has 3 rings (SSSR count). The van der Waals surface area contributed by atoms with Crippen molar-refractivity contribution in [1.82, 2.24) is 0 Å². The van der Waals surface area contributed by atoms with E-state index in [0.717, 1.165) is 16.9 Å². The number of anilines is 1. The highest BCUT2D eigenvalue weighted by Crippen LogP contribution is 2.40. The van der Waals surface area contributed by atoms with Crippen molar-refractivity contribution in [1.29, 1.82) is 0 Å². The molecule has 1 amide bonds. The zero-order valence-corrected chi connectivity index (χ0v) is 20.5. The Kier molecular flexibility index (Phi) is 7.99. The molecule has 1 aromatic heterocycles. The fourth-order valence-electron chi connectivity index (χ4n) is 3.80. The number of carbonyl (C=O) groups is 2. The van der Waals surface area contributed by atoms with Crippen molar-refractivity contribution in [2.24, 2.45) is 5.92 Å². The van der Waals surface area contributed by atoms with Crippen molar-refractivity contribution >= 4 is 52.1 Å². The molecule has 0 aliphatic heterocycles. The largest absolute Gasteiger partial charge is 0.477 e. The highest BCUT2D eigenvalue weighted by atomic mass is 35.5. The van der Waals surface area contributed by atoms with Crippen LogP contribution in [0.3, 0.4) is 0 Å². The van der Waals surface area contributed by atoms with Crippen LogP contribution in [-0.2, 0) is 0 Å². The van der Waals surface area contributed by atoms with Gasteiger partial charge in [0.15, 0.2) is 0 Å². The van der Waals surface area contributed by atoms with Crippen LogP contribution in [0.5, 0.6) is 0 Å². The summed E-state index contributed by atoms with van der Waals surface area (Å²) in [6.45, 7) is 6.14. The minimum Gasteiger partial charge on any atom is -0.477 e. The zero-order valence-electron chi connectivity index (χ0n) is 18.1. The summed E-state index contributed by atoms with van der Waals surface area (Å²) in [6.07, 6.45) is 1.51. The standard InChI is InChI=1S/C25H25Cl2NO3S/c1-4-15(3)20(5-2)28(24(29)18-12-11-17(26)13-19(18)27)21-14-22(32-23(21)25(30)31)16-9-7-6-8-10-16/h6-15,20H,4-5H2,1-3H3,(H,30,31). The van der Waals surface area contributed by atoms with Gasteiger partial charge in [0.25, 0.3) is 5.91 Å². The molecule has 0 fully saturated rings. The van der Waals surface area contributed by atoms with Crippen LogP contribution in [0.15, 0.2) is 54.6 Å². The van der Waals surface area contributed by atoms with E-state index >= 15 is 0 Å². The summed E-state index contributed by atoms with van der Waals surface area (Å²) in [5, 5.41) is 10.7. The van der Waals surface area contributed by atoms with Crippen molar-refractivity contribution in [3.05, 3.63) is 75.1 Å². The third kappa shape index (κ3) is 5.01. The van der Waals surface area contributed by atoms with E-state index in [9.17, 15) is 14.7 Å². The molecular formula is C25H25Cl2NO3S. The summed E-state index contributed by atoms with van der Waals surface area (Å²) >= 11 is 13.6. The molecule has 0 bridgehead atoms. The maximum absolute atomic E-state index is 13.8. The number of rotatable bonds is 8. The second-order valence-electron chi connectivity index (χ2n) is 7.66. The number of nitrogens with zero attached hydrogens (tertiary/aromatic N) is 1. The van der Waals surface area contributed by atoms with E-state index in [1.165, 1.54) is 17.4 Å². The number of carboxylic acids is 1. The van der Waals surface area contributed by atoms with E-state index in [4.69, 9.17) is 23.2 Å². The van der Waals surface area contributed by atoms with E-state index in [0.29, 0.717) is 22.7 Å². The van der Waals surface area contributed by atoms with Crippen molar-refractivity contribution in [3.63, 3.8) is 0 Å². The highest BCUT2D eigenvalue weighted by molar-refractivity contribution is 7.18. The third-order valence-corrected chi connectivity index (χ3v) is 7.36. The Morgan fingerprint density at radius 1 is 1.03 bits per heavy atom. The Morgan fingerprint density at radius 2 is 1.72 bits per heavy atom. The predicted octanol–water partition coefficient (Wildman–Crippen LogP) is 7.89. The second kappa shape index (κ2) is 10.5. The maximum atomic E-state index is 13.8. The number of benzene rings is 2. The summed E-state index contributed by atoms with van der Waals surface area (Å²) < 4.78 is 0. The van der Waals surface area contributed by atoms with Crippen LogP contribution in [0.4, 0.5) is 5.69 Å². The Balaban J connectivity index is 2.22. The smallest absolute Gasteiger partial charge is 0.348 e. The molecule has 3 aromatic rings. The lowest BCUT2D eigenvalue weighted by atomic mass is 9.94. The summed E-state index contributed by atoms with van der Waals surface area (Å²) in [4.78, 5) is 28.6. The molecule has 168 valence electrons. The number of carbonyl (C=O) groups excluding carboxylic acids is 1. The molecule has 0 saturated heterocycles. The predicted molar refractivity (Wildman–Crippen MR) is 134 cm³/mol. The van der Waals surface area contributed by atoms with Crippen LogP contribution in [-0.4, -0.2) is 23.0 Å². The molecule has 2 atom stereocenters. The number of carboxylic acid groups (broad SMARTS) is 1. The van der Waals surface area contributed by atoms with E-state index in [2.05, 4.69) is 13.8 Å². The van der Waals surface area contributed by atoms with Crippen molar-refractivity contribution < 1.29 is 14.7 Å². The summed E-state index contributed by atoms with van der Waals surface area (Å²) in [5.41, 5.74) is 1.59. The fraction of sp³-hybridized carbons (Fsp3) is 0.280. The minimum absolute atomic E-state index is 0.129. The molecule has 32 heavy (non-hydrogen) atoms. The van der Waals surface area contributed by atoms with Gasteiger partial charge in [-0.1, -0.05) is 80.7 Å². The molecule has 0 spiro atoms. The Bertz CT molecular complexity index is 1110. The summed E-state index contributed by atoms with van der Waals surface area (Å²) in [6, 6.07) is 15.9. The molecule has 1 heterocycles. The van der Waals surface area contributed by atoms with Crippen LogP contribution >= 0.6 is 34.5 Å². The van der Waals surface area contributed by atoms with Crippen LogP contribution in [0.25, 0.3) is 10.4 Å². The average Bonchev–Trinajstić information content (AvgIpc) is 3.22. The van der Waals surface area contributed by atoms with Gasteiger partial charge in [0.1, 0.15) is 4.88 Å². The van der Waals surface area contributed by atoms with Gasteiger partial charge in [0, 0.05) is 15.9 Å². The molecule has 4 nitrogen and oxygen atoms in total. The molecule has 1 N–H and O–H groups in total. The van der Waals surface area contributed by atoms with Crippen molar-refractivity contribution in [2.45, 2.75) is 39.7 Å². The first-order chi connectivity index (χ1) is 15.3. The number of hydrogen-bond donors (Lipinski definition) is 1. The van der Waals surface area contributed by atoms with Crippen LogP contribution in [0.2, 0.25) is 10.0 Å². The number of thiophene rings is 1. The quantitative estimate of drug-likeness (QED) is 0.349. The van der Waals surface area contributed by atoms with Crippen LogP contribution in [0.1, 0.15) is 53.6 Å². The van der Waals surface area contributed by atoms with E-state index in [1.807, 2.05) is 37.3 Å². The normalized spacial score (nSPS) is 12.9. The number of hydrogen-bond acceptors (Lipinski definition) is 3. The van der Waals surface area contributed by atoms with Gasteiger partial charge in [0.2, 0.25) is 0 Å². The van der Waals surface area contributed by atoms with Gasteiger partial charge in [-0.3, -0.25) is 4.79 Å². The minimum atomic E-state index is -1.06. The van der Waals surface area contributed by atoms with Crippen LogP contribution in [0, 0.1) is 5.92 Å². The molecule has 2 unspecified atom stereocenters. The first kappa shape index (κ1) is 24.3. The third-order valence-electron chi connectivity index (χ3n) is 5.66.